The van der Waals surface area contributed by atoms with Crippen molar-refractivity contribution in [3.63, 3.8) is 0 Å². The fourth-order valence-corrected chi connectivity index (χ4v) is 2.17. The Kier molecular flexibility index (Phi) is 6.27. The van der Waals surface area contributed by atoms with Crippen LogP contribution in [0.25, 0.3) is 0 Å². The number of para-hydroxylation sites is 2. The second-order valence-corrected chi connectivity index (χ2v) is 5.57. The summed E-state index contributed by atoms with van der Waals surface area (Å²) in [4.78, 5) is 11.8. The van der Waals surface area contributed by atoms with Crippen LogP contribution in [0.4, 0.5) is 5.69 Å². The van der Waals surface area contributed by atoms with E-state index in [4.69, 9.17) is 9.47 Å². The van der Waals surface area contributed by atoms with Crippen molar-refractivity contribution in [3.05, 3.63) is 53.0 Å². The molecule has 0 saturated carbocycles. The number of ether oxygens (including phenoxy) is 2. The third-order valence-corrected chi connectivity index (χ3v) is 3.53. The number of hydrogen-bond donors (Lipinski definition) is 1. The first-order valence-electron chi connectivity index (χ1n) is 7.00. The van der Waals surface area contributed by atoms with E-state index in [0.29, 0.717) is 30.9 Å². The third kappa shape index (κ3) is 5.07. The van der Waals surface area contributed by atoms with Crippen LogP contribution in [0.2, 0.25) is 0 Å². The lowest BCUT2D eigenvalue weighted by Crippen LogP contribution is -2.12. The van der Waals surface area contributed by atoms with Crippen LogP contribution < -0.4 is 14.8 Å². The van der Waals surface area contributed by atoms with Crippen molar-refractivity contribution in [2.75, 3.05) is 19.0 Å². The molecule has 0 unspecified atom stereocenters. The summed E-state index contributed by atoms with van der Waals surface area (Å²) in [5.74, 6) is 1.37. The Morgan fingerprint density at radius 2 is 1.77 bits per heavy atom. The van der Waals surface area contributed by atoms with Crippen LogP contribution in [-0.4, -0.2) is 19.6 Å². The van der Waals surface area contributed by atoms with Crippen molar-refractivity contribution in [1.82, 2.24) is 0 Å². The van der Waals surface area contributed by atoms with Gasteiger partial charge in [-0.3, -0.25) is 4.79 Å². The number of amides is 1. The summed E-state index contributed by atoms with van der Waals surface area (Å²) >= 11 is 3.36. The van der Waals surface area contributed by atoms with Crippen LogP contribution in [0.15, 0.2) is 53.0 Å². The Bertz CT molecular complexity index is 614. The summed E-state index contributed by atoms with van der Waals surface area (Å²) in [5.41, 5.74) is 0.791. The van der Waals surface area contributed by atoms with Gasteiger partial charge in [-0.25, -0.2) is 0 Å². The maximum absolute atomic E-state index is 11.8. The highest BCUT2D eigenvalue weighted by molar-refractivity contribution is 9.10. The van der Waals surface area contributed by atoms with Gasteiger partial charge in [0.15, 0.2) is 11.5 Å². The van der Waals surface area contributed by atoms with Gasteiger partial charge in [0.05, 0.1) is 13.7 Å². The largest absolute Gasteiger partial charge is 0.493 e. The Morgan fingerprint density at radius 1 is 1.09 bits per heavy atom. The van der Waals surface area contributed by atoms with Gasteiger partial charge in [0.1, 0.15) is 0 Å². The van der Waals surface area contributed by atoms with E-state index < -0.39 is 0 Å². The van der Waals surface area contributed by atoms with E-state index in [-0.39, 0.29) is 5.91 Å². The molecule has 0 aliphatic heterocycles. The van der Waals surface area contributed by atoms with Crippen molar-refractivity contribution >= 4 is 27.5 Å². The maximum atomic E-state index is 11.8. The molecule has 0 heterocycles. The van der Waals surface area contributed by atoms with Crippen molar-refractivity contribution in [2.45, 2.75) is 12.8 Å². The minimum Gasteiger partial charge on any atom is -0.493 e. The third-order valence-electron chi connectivity index (χ3n) is 3.00. The van der Waals surface area contributed by atoms with Gasteiger partial charge in [0, 0.05) is 16.6 Å². The van der Waals surface area contributed by atoms with Gasteiger partial charge in [-0.1, -0.05) is 28.1 Å². The molecular formula is C17H18BrNO3. The summed E-state index contributed by atoms with van der Waals surface area (Å²) < 4.78 is 11.8. The highest BCUT2D eigenvalue weighted by Crippen LogP contribution is 2.25. The first kappa shape index (κ1) is 16.4. The molecule has 0 atom stereocenters. The van der Waals surface area contributed by atoms with Gasteiger partial charge in [-0.05, 0) is 42.8 Å². The molecule has 4 nitrogen and oxygen atoms in total. The maximum Gasteiger partial charge on any atom is 0.224 e. The van der Waals surface area contributed by atoms with Gasteiger partial charge in [0.25, 0.3) is 0 Å². The van der Waals surface area contributed by atoms with Crippen molar-refractivity contribution < 1.29 is 14.3 Å². The molecule has 0 radical (unpaired) electrons. The molecule has 2 rings (SSSR count). The molecule has 0 bridgehead atoms. The highest BCUT2D eigenvalue weighted by atomic mass is 79.9. The zero-order valence-corrected chi connectivity index (χ0v) is 13.9. The molecular weight excluding hydrogens is 346 g/mol. The normalized spacial score (nSPS) is 10.1. The number of halogens is 1. The lowest BCUT2D eigenvalue weighted by atomic mass is 10.2. The second kappa shape index (κ2) is 8.44. The van der Waals surface area contributed by atoms with Crippen molar-refractivity contribution in [3.8, 4) is 11.5 Å². The average Bonchev–Trinajstić information content (AvgIpc) is 2.54. The Morgan fingerprint density at radius 3 is 2.45 bits per heavy atom. The fourth-order valence-electron chi connectivity index (χ4n) is 1.91. The molecule has 116 valence electrons. The molecule has 0 fully saturated rings. The van der Waals surface area contributed by atoms with Crippen LogP contribution in [0.3, 0.4) is 0 Å². The molecule has 2 aromatic rings. The number of benzene rings is 2. The lowest BCUT2D eigenvalue weighted by Gasteiger charge is -2.10. The van der Waals surface area contributed by atoms with Crippen molar-refractivity contribution in [1.29, 1.82) is 0 Å². The summed E-state index contributed by atoms with van der Waals surface area (Å²) in [5, 5.41) is 2.85. The molecule has 1 amide bonds. The predicted octanol–water partition coefficient (Wildman–Crippen LogP) is 4.26. The molecule has 0 spiro atoms. The number of hydrogen-bond acceptors (Lipinski definition) is 3. The first-order valence-corrected chi connectivity index (χ1v) is 7.79. The molecule has 1 N–H and O–H groups in total. The second-order valence-electron chi connectivity index (χ2n) is 4.66. The topological polar surface area (TPSA) is 47.6 Å². The first-order chi connectivity index (χ1) is 10.7. The summed E-state index contributed by atoms with van der Waals surface area (Å²) in [7, 11) is 1.61. The molecule has 2 aromatic carbocycles. The van der Waals surface area contributed by atoms with E-state index in [9.17, 15) is 4.79 Å². The quantitative estimate of drug-likeness (QED) is 0.747. The van der Waals surface area contributed by atoms with Crippen LogP contribution in [0.5, 0.6) is 11.5 Å². The average molecular weight is 364 g/mol. The molecule has 0 aromatic heterocycles. The van der Waals surface area contributed by atoms with Gasteiger partial charge in [-0.2, -0.15) is 0 Å². The molecule has 5 heteroatoms. The molecule has 0 aliphatic carbocycles. The Hall–Kier alpha value is -2.01. The standard InChI is InChI=1S/C17H18BrNO3/c1-21-15-5-2-3-6-16(15)22-12-4-7-17(20)19-14-10-8-13(18)9-11-14/h2-3,5-6,8-11H,4,7,12H2,1H3,(H,19,20). The van der Waals surface area contributed by atoms with Gasteiger partial charge < -0.3 is 14.8 Å². The number of rotatable bonds is 7. The Balaban J connectivity index is 1.72. The Labute approximate surface area is 138 Å². The number of methoxy groups -OCH3 is 1. The fraction of sp³-hybridized carbons (Fsp3) is 0.235. The minimum absolute atomic E-state index is 0.0223. The van der Waals surface area contributed by atoms with Crippen LogP contribution >= 0.6 is 15.9 Å². The van der Waals surface area contributed by atoms with E-state index in [1.54, 1.807) is 7.11 Å². The summed E-state index contributed by atoms with van der Waals surface area (Å²) in [6.07, 6.45) is 1.05. The van der Waals surface area contributed by atoms with Gasteiger partial charge in [0.2, 0.25) is 5.91 Å². The lowest BCUT2D eigenvalue weighted by molar-refractivity contribution is -0.116. The zero-order chi connectivity index (χ0) is 15.8. The number of anilines is 1. The monoisotopic (exact) mass is 363 g/mol. The highest BCUT2D eigenvalue weighted by Gasteiger charge is 2.05. The van der Waals surface area contributed by atoms with Gasteiger partial charge in [-0.15, -0.1) is 0 Å². The molecule has 0 saturated heterocycles. The van der Waals surface area contributed by atoms with E-state index >= 15 is 0 Å². The van der Waals surface area contributed by atoms with Crippen molar-refractivity contribution in [2.24, 2.45) is 0 Å². The van der Waals surface area contributed by atoms with E-state index in [1.165, 1.54) is 0 Å². The van der Waals surface area contributed by atoms with E-state index in [2.05, 4.69) is 21.2 Å². The summed E-state index contributed by atoms with van der Waals surface area (Å²) in [6, 6.07) is 15.0. The van der Waals surface area contributed by atoms with E-state index in [0.717, 1.165) is 10.2 Å². The molecule has 0 aliphatic rings. The van der Waals surface area contributed by atoms with Crippen LogP contribution in [0, 0.1) is 0 Å². The van der Waals surface area contributed by atoms with Gasteiger partial charge >= 0.3 is 0 Å². The smallest absolute Gasteiger partial charge is 0.224 e. The number of nitrogens with one attached hydrogen (secondary N) is 1. The minimum atomic E-state index is -0.0223. The number of carbonyl (C=O) groups excluding carboxylic acids is 1. The zero-order valence-electron chi connectivity index (χ0n) is 12.3. The number of carbonyl (C=O) groups is 1. The van der Waals surface area contributed by atoms with Crippen LogP contribution in [-0.2, 0) is 4.79 Å². The SMILES string of the molecule is COc1ccccc1OCCCC(=O)Nc1ccc(Br)cc1. The van der Waals surface area contributed by atoms with E-state index in [1.807, 2.05) is 48.5 Å². The van der Waals surface area contributed by atoms with Crippen LogP contribution in [0.1, 0.15) is 12.8 Å². The summed E-state index contributed by atoms with van der Waals surface area (Å²) in [6.45, 7) is 0.466. The molecule has 22 heavy (non-hydrogen) atoms. The predicted molar refractivity (Wildman–Crippen MR) is 90.5 cm³/mol.